The van der Waals surface area contributed by atoms with Gasteiger partial charge in [0.25, 0.3) is 0 Å². The van der Waals surface area contributed by atoms with Crippen LogP contribution in [0.2, 0.25) is 5.02 Å². The van der Waals surface area contributed by atoms with E-state index in [1.807, 2.05) is 13.0 Å². The molecular formula is C16H15ClO3. The fourth-order valence-corrected chi connectivity index (χ4v) is 2.33. The first-order chi connectivity index (χ1) is 9.43. The Labute approximate surface area is 122 Å². The molecule has 1 N–H and O–H groups in total. The second kappa shape index (κ2) is 5.55. The highest BCUT2D eigenvalue weighted by Crippen LogP contribution is 2.31. The summed E-state index contributed by atoms with van der Waals surface area (Å²) in [5.74, 6) is -0.543. The highest BCUT2D eigenvalue weighted by atomic mass is 35.5. The van der Waals surface area contributed by atoms with E-state index in [4.69, 9.17) is 16.3 Å². The SMILES string of the molecule is Cc1cc(Cl)ccc1C(C)(Oc1ccccc1)C(=O)O. The summed E-state index contributed by atoms with van der Waals surface area (Å²) in [4.78, 5) is 11.7. The molecular weight excluding hydrogens is 276 g/mol. The molecule has 0 saturated carbocycles. The van der Waals surface area contributed by atoms with Gasteiger partial charge in [0.05, 0.1) is 0 Å². The van der Waals surface area contributed by atoms with Crippen molar-refractivity contribution in [3.8, 4) is 5.75 Å². The Balaban J connectivity index is 2.47. The zero-order valence-corrected chi connectivity index (χ0v) is 12.0. The van der Waals surface area contributed by atoms with Crippen LogP contribution in [0.15, 0.2) is 48.5 Å². The number of rotatable bonds is 4. The van der Waals surface area contributed by atoms with E-state index in [9.17, 15) is 9.90 Å². The van der Waals surface area contributed by atoms with E-state index in [1.54, 1.807) is 49.4 Å². The largest absolute Gasteiger partial charge is 0.478 e. The fraction of sp³-hybridized carbons (Fsp3) is 0.188. The Bertz CT molecular complexity index is 625. The molecule has 0 aliphatic carbocycles. The Kier molecular flexibility index (Phi) is 4.00. The van der Waals surface area contributed by atoms with Crippen LogP contribution in [0.25, 0.3) is 0 Å². The standard InChI is InChI=1S/C16H15ClO3/c1-11-10-12(17)8-9-14(11)16(2,15(18)19)20-13-6-4-3-5-7-13/h3-10H,1-2H3,(H,18,19). The highest BCUT2D eigenvalue weighted by Gasteiger charge is 2.39. The Morgan fingerprint density at radius 1 is 1.20 bits per heavy atom. The van der Waals surface area contributed by atoms with E-state index in [1.165, 1.54) is 0 Å². The molecule has 2 rings (SSSR count). The van der Waals surface area contributed by atoms with Gasteiger partial charge in [0.2, 0.25) is 5.60 Å². The van der Waals surface area contributed by atoms with E-state index in [0.29, 0.717) is 16.3 Å². The summed E-state index contributed by atoms with van der Waals surface area (Å²) in [5.41, 5.74) is -0.104. The van der Waals surface area contributed by atoms with Gasteiger partial charge < -0.3 is 9.84 Å². The number of aliphatic carboxylic acids is 1. The monoisotopic (exact) mass is 290 g/mol. The van der Waals surface area contributed by atoms with Gasteiger partial charge in [-0.2, -0.15) is 0 Å². The van der Waals surface area contributed by atoms with E-state index >= 15 is 0 Å². The van der Waals surface area contributed by atoms with Crippen molar-refractivity contribution in [2.75, 3.05) is 0 Å². The lowest BCUT2D eigenvalue weighted by atomic mass is 9.91. The summed E-state index contributed by atoms with van der Waals surface area (Å²) in [5, 5.41) is 10.2. The maximum absolute atomic E-state index is 11.7. The third kappa shape index (κ3) is 2.78. The predicted molar refractivity (Wildman–Crippen MR) is 78.2 cm³/mol. The number of carboxylic acids is 1. The van der Waals surface area contributed by atoms with Gasteiger partial charge >= 0.3 is 5.97 Å². The Morgan fingerprint density at radius 2 is 1.85 bits per heavy atom. The van der Waals surface area contributed by atoms with Crippen LogP contribution in [0.3, 0.4) is 0 Å². The smallest absolute Gasteiger partial charge is 0.352 e. The molecule has 0 spiro atoms. The van der Waals surface area contributed by atoms with Crippen LogP contribution in [0.1, 0.15) is 18.1 Å². The third-order valence-electron chi connectivity index (χ3n) is 3.18. The van der Waals surface area contributed by atoms with E-state index in [-0.39, 0.29) is 0 Å². The molecule has 3 nitrogen and oxygen atoms in total. The van der Waals surface area contributed by atoms with Gasteiger partial charge in [0, 0.05) is 10.6 Å². The van der Waals surface area contributed by atoms with Crippen LogP contribution in [-0.2, 0) is 10.4 Å². The molecule has 0 aromatic heterocycles. The van der Waals surface area contributed by atoms with Crippen molar-refractivity contribution in [2.24, 2.45) is 0 Å². The number of ether oxygens (including phenoxy) is 1. The van der Waals surface area contributed by atoms with Gasteiger partial charge in [0.15, 0.2) is 0 Å². The lowest BCUT2D eigenvalue weighted by molar-refractivity contribution is -0.154. The van der Waals surface area contributed by atoms with Gasteiger partial charge in [-0.3, -0.25) is 0 Å². The second-order valence-corrected chi connectivity index (χ2v) is 5.15. The van der Waals surface area contributed by atoms with Crippen molar-refractivity contribution in [3.63, 3.8) is 0 Å². The van der Waals surface area contributed by atoms with Gasteiger partial charge in [0.1, 0.15) is 5.75 Å². The summed E-state index contributed by atoms with van der Waals surface area (Å²) in [6.07, 6.45) is 0. The first-order valence-electron chi connectivity index (χ1n) is 6.17. The number of carboxylic acid groups (broad SMARTS) is 1. The molecule has 0 saturated heterocycles. The molecule has 20 heavy (non-hydrogen) atoms. The fourth-order valence-electron chi connectivity index (χ4n) is 2.10. The molecule has 104 valence electrons. The van der Waals surface area contributed by atoms with Crippen LogP contribution in [0.4, 0.5) is 0 Å². The van der Waals surface area contributed by atoms with E-state index in [2.05, 4.69) is 0 Å². The molecule has 4 heteroatoms. The maximum Gasteiger partial charge on any atom is 0.352 e. The number of aryl methyl sites for hydroxylation is 1. The Morgan fingerprint density at radius 3 is 2.40 bits per heavy atom. The molecule has 0 heterocycles. The molecule has 0 fully saturated rings. The second-order valence-electron chi connectivity index (χ2n) is 4.71. The number of carbonyl (C=O) groups is 1. The van der Waals surface area contributed by atoms with Gasteiger partial charge in [-0.1, -0.05) is 35.9 Å². The molecule has 2 aromatic rings. The van der Waals surface area contributed by atoms with Crippen molar-refractivity contribution >= 4 is 17.6 Å². The van der Waals surface area contributed by atoms with Gasteiger partial charge in [-0.25, -0.2) is 4.79 Å². The molecule has 1 atom stereocenters. The lowest BCUT2D eigenvalue weighted by Crippen LogP contribution is -2.39. The van der Waals surface area contributed by atoms with Gasteiger partial charge in [-0.15, -0.1) is 0 Å². The normalized spacial score (nSPS) is 13.6. The van der Waals surface area contributed by atoms with Crippen LogP contribution in [-0.4, -0.2) is 11.1 Å². The molecule has 0 amide bonds. The quantitative estimate of drug-likeness (QED) is 0.925. The lowest BCUT2D eigenvalue weighted by Gasteiger charge is -2.28. The topological polar surface area (TPSA) is 46.5 Å². The average molecular weight is 291 g/mol. The zero-order chi connectivity index (χ0) is 14.8. The minimum atomic E-state index is -1.46. The minimum Gasteiger partial charge on any atom is -0.478 e. The van der Waals surface area contributed by atoms with Crippen LogP contribution < -0.4 is 4.74 Å². The van der Waals surface area contributed by atoms with E-state index < -0.39 is 11.6 Å². The number of hydrogen-bond acceptors (Lipinski definition) is 2. The van der Waals surface area contributed by atoms with Gasteiger partial charge in [-0.05, 0) is 43.7 Å². The highest BCUT2D eigenvalue weighted by molar-refractivity contribution is 6.30. The van der Waals surface area contributed by atoms with Crippen LogP contribution in [0.5, 0.6) is 5.75 Å². The summed E-state index contributed by atoms with van der Waals surface area (Å²) < 4.78 is 5.73. The first-order valence-corrected chi connectivity index (χ1v) is 6.55. The first kappa shape index (κ1) is 14.4. The van der Waals surface area contributed by atoms with Crippen molar-refractivity contribution in [3.05, 3.63) is 64.7 Å². The van der Waals surface area contributed by atoms with Crippen LogP contribution >= 0.6 is 11.6 Å². The minimum absolute atomic E-state index is 0.506. The molecule has 0 aliphatic rings. The number of halogens is 1. The number of hydrogen-bond donors (Lipinski definition) is 1. The zero-order valence-electron chi connectivity index (χ0n) is 11.3. The average Bonchev–Trinajstić information content (AvgIpc) is 2.39. The molecule has 0 aliphatic heterocycles. The number of para-hydroxylation sites is 1. The summed E-state index contributed by atoms with van der Waals surface area (Å²) in [7, 11) is 0. The van der Waals surface area contributed by atoms with Crippen LogP contribution in [0, 0.1) is 6.92 Å². The summed E-state index contributed by atoms with van der Waals surface area (Å²) in [6, 6.07) is 14.0. The third-order valence-corrected chi connectivity index (χ3v) is 3.41. The summed E-state index contributed by atoms with van der Waals surface area (Å²) in [6.45, 7) is 3.36. The van der Waals surface area contributed by atoms with Crippen molar-refractivity contribution < 1.29 is 14.6 Å². The molecule has 0 radical (unpaired) electrons. The molecule has 1 unspecified atom stereocenters. The van der Waals surface area contributed by atoms with Crippen molar-refractivity contribution in [1.82, 2.24) is 0 Å². The predicted octanol–water partition coefficient (Wildman–Crippen LogP) is 4.03. The molecule has 0 bridgehead atoms. The van der Waals surface area contributed by atoms with Crippen molar-refractivity contribution in [1.29, 1.82) is 0 Å². The van der Waals surface area contributed by atoms with E-state index in [0.717, 1.165) is 5.56 Å². The van der Waals surface area contributed by atoms with Crippen molar-refractivity contribution in [2.45, 2.75) is 19.4 Å². The molecule has 2 aromatic carbocycles. The summed E-state index contributed by atoms with van der Waals surface area (Å²) >= 11 is 5.92. The Hall–Kier alpha value is -2.00. The number of benzene rings is 2. The maximum atomic E-state index is 11.7.